The van der Waals surface area contributed by atoms with E-state index in [1.807, 2.05) is 23.1 Å². The quantitative estimate of drug-likeness (QED) is 0.846. The molecule has 0 radical (unpaired) electrons. The van der Waals surface area contributed by atoms with Crippen molar-refractivity contribution in [3.63, 3.8) is 0 Å². The van der Waals surface area contributed by atoms with Crippen molar-refractivity contribution in [2.45, 2.75) is 37.3 Å². The SMILES string of the molecule is NC1CCC(C(=O)N2C[C@@H](N)[C@H](c3ccccc3)C2)C1. The highest BCUT2D eigenvalue weighted by molar-refractivity contribution is 5.79. The number of hydrogen-bond acceptors (Lipinski definition) is 3. The van der Waals surface area contributed by atoms with Crippen molar-refractivity contribution in [2.24, 2.45) is 17.4 Å². The average Bonchev–Trinajstić information content (AvgIpc) is 3.05. The molecular formula is C16H23N3O. The molecule has 1 saturated heterocycles. The van der Waals surface area contributed by atoms with Crippen molar-refractivity contribution >= 4 is 5.91 Å². The lowest BCUT2D eigenvalue weighted by Gasteiger charge is -2.20. The molecular weight excluding hydrogens is 250 g/mol. The lowest BCUT2D eigenvalue weighted by Crippen LogP contribution is -2.36. The molecule has 0 spiro atoms. The first-order chi connectivity index (χ1) is 9.65. The van der Waals surface area contributed by atoms with Crippen LogP contribution in [0.25, 0.3) is 0 Å². The molecule has 4 nitrogen and oxygen atoms in total. The van der Waals surface area contributed by atoms with Crippen LogP contribution in [0, 0.1) is 5.92 Å². The number of benzene rings is 1. The van der Waals surface area contributed by atoms with Gasteiger partial charge in [-0.2, -0.15) is 0 Å². The summed E-state index contributed by atoms with van der Waals surface area (Å²) < 4.78 is 0. The van der Waals surface area contributed by atoms with E-state index >= 15 is 0 Å². The second-order valence-electron chi connectivity index (χ2n) is 6.19. The summed E-state index contributed by atoms with van der Waals surface area (Å²) in [4.78, 5) is 14.5. The molecule has 1 aromatic rings. The normalized spacial score (nSPS) is 33.6. The zero-order chi connectivity index (χ0) is 14.1. The van der Waals surface area contributed by atoms with Crippen LogP contribution in [0.5, 0.6) is 0 Å². The first kappa shape index (κ1) is 13.6. The number of likely N-dealkylation sites (tertiary alicyclic amines) is 1. The molecule has 1 saturated carbocycles. The monoisotopic (exact) mass is 273 g/mol. The summed E-state index contributed by atoms with van der Waals surface area (Å²) in [5.41, 5.74) is 13.4. The predicted molar refractivity (Wildman–Crippen MR) is 79.1 cm³/mol. The Morgan fingerprint density at radius 1 is 1.10 bits per heavy atom. The van der Waals surface area contributed by atoms with Gasteiger partial charge in [0, 0.05) is 37.0 Å². The molecule has 20 heavy (non-hydrogen) atoms. The van der Waals surface area contributed by atoms with E-state index < -0.39 is 0 Å². The van der Waals surface area contributed by atoms with Crippen LogP contribution in [0.3, 0.4) is 0 Å². The molecule has 3 rings (SSSR count). The van der Waals surface area contributed by atoms with Crippen molar-refractivity contribution < 1.29 is 4.79 Å². The van der Waals surface area contributed by atoms with Crippen LogP contribution < -0.4 is 11.5 Å². The highest BCUT2D eigenvalue weighted by Crippen LogP contribution is 2.31. The van der Waals surface area contributed by atoms with Gasteiger partial charge < -0.3 is 16.4 Å². The van der Waals surface area contributed by atoms with Crippen molar-refractivity contribution in [1.82, 2.24) is 4.90 Å². The van der Waals surface area contributed by atoms with Gasteiger partial charge in [0.1, 0.15) is 0 Å². The zero-order valence-electron chi connectivity index (χ0n) is 11.7. The van der Waals surface area contributed by atoms with Gasteiger partial charge in [0.15, 0.2) is 0 Å². The predicted octanol–water partition coefficient (Wildman–Crippen LogP) is 1.07. The lowest BCUT2D eigenvalue weighted by molar-refractivity contribution is -0.134. The van der Waals surface area contributed by atoms with Gasteiger partial charge in [-0.15, -0.1) is 0 Å². The lowest BCUT2D eigenvalue weighted by atomic mass is 9.95. The van der Waals surface area contributed by atoms with E-state index in [-0.39, 0.29) is 29.8 Å². The molecule has 4 N–H and O–H groups in total. The third-order valence-corrected chi connectivity index (χ3v) is 4.73. The molecule has 0 bridgehead atoms. The summed E-state index contributed by atoms with van der Waals surface area (Å²) in [7, 11) is 0. The molecule has 1 heterocycles. The number of amides is 1. The smallest absolute Gasteiger partial charge is 0.225 e. The topological polar surface area (TPSA) is 72.4 Å². The van der Waals surface area contributed by atoms with Gasteiger partial charge >= 0.3 is 0 Å². The van der Waals surface area contributed by atoms with Crippen LogP contribution in [0.2, 0.25) is 0 Å². The van der Waals surface area contributed by atoms with Gasteiger partial charge in [0.05, 0.1) is 0 Å². The van der Waals surface area contributed by atoms with Crippen molar-refractivity contribution in [1.29, 1.82) is 0 Å². The largest absolute Gasteiger partial charge is 0.340 e. The number of hydrogen-bond donors (Lipinski definition) is 2. The maximum atomic E-state index is 12.5. The maximum absolute atomic E-state index is 12.5. The number of carbonyl (C=O) groups is 1. The molecule has 4 heteroatoms. The summed E-state index contributed by atoms with van der Waals surface area (Å²) in [5, 5.41) is 0. The van der Waals surface area contributed by atoms with Crippen molar-refractivity contribution in [3.8, 4) is 0 Å². The Hall–Kier alpha value is -1.39. The molecule has 2 fully saturated rings. The number of carbonyl (C=O) groups excluding carboxylic acids is 1. The van der Waals surface area contributed by atoms with Crippen LogP contribution in [-0.2, 0) is 4.79 Å². The Labute approximate surface area is 120 Å². The molecule has 1 aliphatic carbocycles. The molecule has 2 aliphatic rings. The second kappa shape index (κ2) is 5.54. The summed E-state index contributed by atoms with van der Waals surface area (Å²) in [6, 6.07) is 10.5. The zero-order valence-corrected chi connectivity index (χ0v) is 11.7. The molecule has 1 aliphatic heterocycles. The molecule has 2 unspecified atom stereocenters. The summed E-state index contributed by atoms with van der Waals surface area (Å²) in [5.74, 6) is 0.633. The van der Waals surface area contributed by atoms with Crippen LogP contribution in [-0.4, -0.2) is 36.0 Å². The average molecular weight is 273 g/mol. The molecule has 108 valence electrons. The van der Waals surface area contributed by atoms with Crippen LogP contribution in [0.15, 0.2) is 30.3 Å². The number of nitrogens with two attached hydrogens (primary N) is 2. The Morgan fingerprint density at radius 2 is 1.85 bits per heavy atom. The summed E-state index contributed by atoms with van der Waals surface area (Å²) in [6.45, 7) is 1.42. The molecule has 1 amide bonds. The fraction of sp³-hybridized carbons (Fsp3) is 0.562. The Kier molecular flexibility index (Phi) is 3.76. The van der Waals surface area contributed by atoms with E-state index in [0.29, 0.717) is 6.54 Å². The fourth-order valence-electron chi connectivity index (χ4n) is 3.56. The van der Waals surface area contributed by atoms with Crippen molar-refractivity contribution in [2.75, 3.05) is 13.1 Å². The standard InChI is InChI=1S/C16H23N3O/c17-13-7-6-12(8-13)16(20)19-9-14(15(18)10-19)11-4-2-1-3-5-11/h1-5,12-15H,6-10,17-18H2/t12?,13?,14-,15+/m0/s1. The van der Waals surface area contributed by atoms with Gasteiger partial charge in [-0.25, -0.2) is 0 Å². The molecule has 4 atom stereocenters. The first-order valence-corrected chi connectivity index (χ1v) is 7.50. The van der Waals surface area contributed by atoms with Crippen molar-refractivity contribution in [3.05, 3.63) is 35.9 Å². The Bertz CT molecular complexity index is 476. The Morgan fingerprint density at radius 3 is 2.50 bits per heavy atom. The van der Waals surface area contributed by atoms with Gasteiger partial charge in [-0.05, 0) is 24.8 Å². The fourth-order valence-corrected chi connectivity index (χ4v) is 3.56. The minimum Gasteiger partial charge on any atom is -0.340 e. The minimum absolute atomic E-state index is 0.0384. The van der Waals surface area contributed by atoms with E-state index in [1.165, 1.54) is 5.56 Å². The van der Waals surface area contributed by atoms with E-state index in [1.54, 1.807) is 0 Å². The molecule has 0 aromatic heterocycles. The number of rotatable bonds is 2. The van der Waals surface area contributed by atoms with Gasteiger partial charge in [0.2, 0.25) is 5.91 Å². The van der Waals surface area contributed by atoms with Gasteiger partial charge in [-0.1, -0.05) is 30.3 Å². The van der Waals surface area contributed by atoms with E-state index in [0.717, 1.165) is 25.8 Å². The van der Waals surface area contributed by atoms with E-state index in [2.05, 4.69) is 12.1 Å². The van der Waals surface area contributed by atoms with Crippen LogP contribution >= 0.6 is 0 Å². The second-order valence-corrected chi connectivity index (χ2v) is 6.19. The summed E-state index contributed by atoms with van der Waals surface area (Å²) in [6.07, 6.45) is 2.74. The maximum Gasteiger partial charge on any atom is 0.225 e. The van der Waals surface area contributed by atoms with E-state index in [4.69, 9.17) is 11.5 Å². The third-order valence-electron chi connectivity index (χ3n) is 4.73. The third kappa shape index (κ3) is 2.58. The summed E-state index contributed by atoms with van der Waals surface area (Å²) >= 11 is 0. The highest BCUT2D eigenvalue weighted by atomic mass is 16.2. The minimum atomic E-state index is 0.0384. The first-order valence-electron chi connectivity index (χ1n) is 7.50. The van der Waals surface area contributed by atoms with Gasteiger partial charge in [-0.3, -0.25) is 4.79 Å². The van der Waals surface area contributed by atoms with Crippen LogP contribution in [0.4, 0.5) is 0 Å². The molecule has 1 aromatic carbocycles. The van der Waals surface area contributed by atoms with E-state index in [9.17, 15) is 4.79 Å². The Balaban J connectivity index is 1.67. The van der Waals surface area contributed by atoms with Gasteiger partial charge in [0.25, 0.3) is 0 Å². The number of nitrogens with zero attached hydrogens (tertiary/aromatic N) is 1. The van der Waals surface area contributed by atoms with Crippen LogP contribution in [0.1, 0.15) is 30.7 Å². The highest BCUT2D eigenvalue weighted by Gasteiger charge is 2.38.